The fourth-order valence-corrected chi connectivity index (χ4v) is 5.63. The maximum atomic E-state index is 13.3. The van der Waals surface area contributed by atoms with E-state index in [1.807, 2.05) is 42.5 Å². The summed E-state index contributed by atoms with van der Waals surface area (Å²) >= 11 is 0. The van der Waals surface area contributed by atoms with Crippen molar-refractivity contribution in [3.8, 4) is 0 Å². The molecule has 0 aliphatic carbocycles. The highest BCUT2D eigenvalue weighted by Gasteiger charge is 2.37. The zero-order chi connectivity index (χ0) is 22.8. The minimum Gasteiger partial charge on any atom is -0.356 e. The highest BCUT2D eigenvalue weighted by molar-refractivity contribution is 7.92. The third-order valence-corrected chi connectivity index (χ3v) is 7.90. The van der Waals surface area contributed by atoms with E-state index in [0.717, 1.165) is 22.4 Å². The van der Waals surface area contributed by atoms with Crippen LogP contribution in [0.3, 0.4) is 0 Å². The van der Waals surface area contributed by atoms with Gasteiger partial charge in [0.2, 0.25) is 0 Å². The number of sulfone groups is 1. The highest BCUT2D eigenvalue weighted by Crippen LogP contribution is 2.36. The van der Waals surface area contributed by atoms with Crippen LogP contribution >= 0.6 is 0 Å². The van der Waals surface area contributed by atoms with Crippen LogP contribution in [0.2, 0.25) is 0 Å². The Kier molecular flexibility index (Phi) is 6.24. The van der Waals surface area contributed by atoms with Crippen molar-refractivity contribution in [3.63, 3.8) is 0 Å². The Morgan fingerprint density at radius 2 is 1.72 bits per heavy atom. The number of hydrogen-bond acceptors (Lipinski definition) is 4. The molecule has 1 aromatic heterocycles. The number of fused-ring (bicyclic) bond motifs is 1. The Hall–Kier alpha value is -2.87. The van der Waals surface area contributed by atoms with E-state index in [2.05, 4.69) is 4.98 Å². The number of anilines is 1. The Morgan fingerprint density at radius 3 is 2.44 bits per heavy atom. The minimum absolute atomic E-state index is 0.0954. The fraction of sp³-hybridized carbons (Fsp3) is 0.292. The lowest BCUT2D eigenvalue weighted by Crippen LogP contribution is -2.41. The Balaban J connectivity index is 1.39. The second kappa shape index (κ2) is 8.94. The predicted molar refractivity (Wildman–Crippen MR) is 121 cm³/mol. The molecule has 0 atom stereocenters. The number of benzene rings is 2. The zero-order valence-electron chi connectivity index (χ0n) is 17.3. The molecular weight excluding hydrogens is 437 g/mol. The molecule has 4 nitrogen and oxygen atoms in total. The second-order valence-corrected chi connectivity index (χ2v) is 10.2. The zero-order valence-corrected chi connectivity index (χ0v) is 18.1. The summed E-state index contributed by atoms with van der Waals surface area (Å²) in [7, 11) is -3.40. The van der Waals surface area contributed by atoms with E-state index in [-0.39, 0.29) is 37.5 Å². The first kappa shape index (κ1) is 22.3. The lowest BCUT2D eigenvalue weighted by molar-refractivity contribution is -0.137. The number of alkyl halides is 3. The van der Waals surface area contributed by atoms with Crippen molar-refractivity contribution >= 4 is 32.5 Å². The molecule has 168 valence electrons. The first-order valence-corrected chi connectivity index (χ1v) is 12.1. The van der Waals surface area contributed by atoms with Crippen molar-refractivity contribution in [1.29, 1.82) is 0 Å². The predicted octanol–water partition coefficient (Wildman–Crippen LogP) is 5.35. The van der Waals surface area contributed by atoms with Gasteiger partial charge in [-0.15, -0.1) is 0 Å². The summed E-state index contributed by atoms with van der Waals surface area (Å²) in [5.74, 6) is -0.228. The van der Waals surface area contributed by atoms with E-state index in [9.17, 15) is 21.6 Å². The molecule has 0 amide bonds. The van der Waals surface area contributed by atoms with Gasteiger partial charge in [0.05, 0.1) is 16.6 Å². The van der Waals surface area contributed by atoms with Gasteiger partial charge in [0.25, 0.3) is 0 Å². The van der Waals surface area contributed by atoms with E-state index in [1.54, 1.807) is 12.2 Å². The van der Waals surface area contributed by atoms with Gasteiger partial charge in [0.1, 0.15) is 5.82 Å². The number of hydrogen-bond donors (Lipinski definition) is 0. The van der Waals surface area contributed by atoms with Gasteiger partial charge in [-0.1, -0.05) is 48.6 Å². The first-order valence-electron chi connectivity index (χ1n) is 10.4. The molecule has 1 fully saturated rings. The molecule has 2 heterocycles. The van der Waals surface area contributed by atoms with Gasteiger partial charge >= 0.3 is 6.18 Å². The van der Waals surface area contributed by atoms with Crippen molar-refractivity contribution in [2.24, 2.45) is 0 Å². The van der Waals surface area contributed by atoms with Crippen molar-refractivity contribution in [2.45, 2.75) is 24.3 Å². The van der Waals surface area contributed by atoms with Crippen LogP contribution < -0.4 is 4.90 Å². The van der Waals surface area contributed by atoms with Crippen LogP contribution in [0.15, 0.2) is 66.9 Å². The average Bonchev–Trinajstić information content (AvgIpc) is 2.78. The second-order valence-electron chi connectivity index (χ2n) is 7.90. The van der Waals surface area contributed by atoms with Crippen LogP contribution in [-0.2, 0) is 16.0 Å². The van der Waals surface area contributed by atoms with Crippen molar-refractivity contribution in [2.75, 3.05) is 23.7 Å². The normalized spacial score (nSPS) is 16.2. The molecule has 4 rings (SSSR count). The third-order valence-electron chi connectivity index (χ3n) is 5.75. The summed E-state index contributed by atoms with van der Waals surface area (Å²) in [4.78, 5) is 5.43. The summed E-state index contributed by atoms with van der Waals surface area (Å²) in [5.41, 5.74) is 0.128. The van der Waals surface area contributed by atoms with E-state index < -0.39 is 26.8 Å². The van der Waals surface area contributed by atoms with Crippen molar-refractivity contribution < 1.29 is 21.6 Å². The summed E-state index contributed by atoms with van der Waals surface area (Å²) in [6.07, 6.45) is 0.819. The number of aromatic nitrogens is 1. The largest absolute Gasteiger partial charge is 0.419 e. The van der Waals surface area contributed by atoms with Crippen LogP contribution in [0, 0.1) is 0 Å². The van der Waals surface area contributed by atoms with Gasteiger partial charge in [-0.3, -0.25) is 0 Å². The van der Waals surface area contributed by atoms with Gasteiger partial charge in [-0.25, -0.2) is 13.4 Å². The lowest BCUT2D eigenvalue weighted by Gasteiger charge is -2.33. The molecular formula is C24H23F3N2O2S. The number of halogens is 3. The topological polar surface area (TPSA) is 50.3 Å². The van der Waals surface area contributed by atoms with Crippen LogP contribution in [0.5, 0.6) is 0 Å². The molecule has 0 N–H and O–H groups in total. The molecule has 1 aliphatic heterocycles. The molecule has 1 aliphatic rings. The number of pyridine rings is 1. The van der Waals surface area contributed by atoms with Gasteiger partial charge in [-0.05, 0) is 47.4 Å². The van der Waals surface area contributed by atoms with Gasteiger partial charge < -0.3 is 4.90 Å². The number of rotatable bonds is 5. The van der Waals surface area contributed by atoms with Crippen molar-refractivity contribution in [3.05, 3.63) is 78.0 Å². The number of piperidine rings is 1. The maximum absolute atomic E-state index is 13.3. The van der Waals surface area contributed by atoms with Gasteiger partial charge in [0, 0.05) is 19.3 Å². The standard InChI is InChI=1S/C24H23F3N2O2S/c25-24(26,27)22-8-3-13-28-23(22)29-14-11-21(12-15-29)32(30,31)16-4-5-18-9-10-19-6-1-2-7-20(19)17-18/h1-10,13,17,21H,11-12,14-16H2. The molecule has 1 saturated heterocycles. The Bertz CT molecular complexity index is 1230. The summed E-state index contributed by atoms with van der Waals surface area (Å²) < 4.78 is 65.4. The third kappa shape index (κ3) is 4.96. The molecule has 0 radical (unpaired) electrons. The highest BCUT2D eigenvalue weighted by atomic mass is 32.2. The fourth-order valence-electron chi connectivity index (χ4n) is 4.06. The van der Waals surface area contributed by atoms with Crippen LogP contribution in [0.4, 0.5) is 19.0 Å². The smallest absolute Gasteiger partial charge is 0.356 e. The van der Waals surface area contributed by atoms with E-state index in [0.29, 0.717) is 0 Å². The molecule has 8 heteroatoms. The first-order chi connectivity index (χ1) is 15.2. The van der Waals surface area contributed by atoms with Gasteiger partial charge in [0.15, 0.2) is 9.84 Å². The summed E-state index contributed by atoms with van der Waals surface area (Å²) in [5, 5.41) is 1.63. The maximum Gasteiger partial charge on any atom is 0.419 e. The minimum atomic E-state index is -4.50. The Labute approximate surface area is 185 Å². The van der Waals surface area contributed by atoms with E-state index in [1.165, 1.54) is 17.2 Å². The summed E-state index contributed by atoms with van der Waals surface area (Å²) in [6, 6.07) is 16.1. The van der Waals surface area contributed by atoms with E-state index >= 15 is 0 Å². The number of nitrogens with zero attached hydrogens (tertiary/aromatic N) is 2. The SMILES string of the molecule is O=S(=O)(CC=Cc1ccc2ccccc2c1)C1CCN(c2ncccc2C(F)(F)F)CC1. The molecule has 0 unspecified atom stereocenters. The molecule has 0 bridgehead atoms. The molecule has 0 spiro atoms. The monoisotopic (exact) mass is 460 g/mol. The molecule has 3 aromatic rings. The van der Waals surface area contributed by atoms with Gasteiger partial charge in [-0.2, -0.15) is 13.2 Å². The molecule has 32 heavy (non-hydrogen) atoms. The molecule has 2 aromatic carbocycles. The molecule has 0 saturated carbocycles. The quantitative estimate of drug-likeness (QED) is 0.515. The van der Waals surface area contributed by atoms with E-state index in [4.69, 9.17) is 0 Å². The van der Waals surface area contributed by atoms with Crippen molar-refractivity contribution in [1.82, 2.24) is 4.98 Å². The van der Waals surface area contributed by atoms with Crippen LogP contribution in [0.25, 0.3) is 16.8 Å². The van der Waals surface area contributed by atoms with Crippen LogP contribution in [0.1, 0.15) is 24.0 Å². The average molecular weight is 461 g/mol. The lowest BCUT2D eigenvalue weighted by atomic mass is 10.1. The summed E-state index contributed by atoms with van der Waals surface area (Å²) in [6.45, 7) is 0.441. The Morgan fingerprint density at radius 1 is 1.00 bits per heavy atom. The van der Waals surface area contributed by atoms with Crippen LogP contribution in [-0.4, -0.2) is 37.5 Å².